The van der Waals surface area contributed by atoms with E-state index < -0.39 is 11.8 Å². The van der Waals surface area contributed by atoms with Gasteiger partial charge in [0.05, 0.1) is 18.0 Å². The van der Waals surface area contributed by atoms with Gasteiger partial charge in [-0.3, -0.25) is 14.5 Å². The minimum atomic E-state index is -0.542. The smallest absolute Gasteiger partial charge is 0.271 e. The van der Waals surface area contributed by atoms with Crippen molar-refractivity contribution < 1.29 is 14.3 Å². The summed E-state index contributed by atoms with van der Waals surface area (Å²) in [6.07, 6.45) is 4.59. The molecule has 0 atom stereocenters. The van der Waals surface area contributed by atoms with Crippen molar-refractivity contribution >= 4 is 17.9 Å². The Morgan fingerprint density at radius 3 is 2.35 bits per heavy atom. The number of hydrogen-bond acceptors (Lipinski definition) is 5. The predicted octanol–water partition coefficient (Wildman–Crippen LogP) is 6.52. The van der Waals surface area contributed by atoms with Crippen LogP contribution in [0.5, 0.6) is 5.75 Å². The monoisotopic (exact) mass is 536 g/mol. The van der Waals surface area contributed by atoms with Gasteiger partial charge in [0.15, 0.2) is 0 Å². The number of aromatic nitrogens is 2. The Kier molecular flexibility index (Phi) is 8.69. The summed E-state index contributed by atoms with van der Waals surface area (Å²) in [5, 5.41) is 14.7. The fourth-order valence-corrected chi connectivity index (χ4v) is 4.61. The molecule has 0 saturated heterocycles. The van der Waals surface area contributed by atoms with E-state index in [0.29, 0.717) is 34.9 Å². The van der Waals surface area contributed by atoms with Gasteiger partial charge in [-0.25, -0.2) is 4.68 Å². The number of imide groups is 1. The molecule has 0 bridgehead atoms. The van der Waals surface area contributed by atoms with Crippen molar-refractivity contribution in [3.8, 4) is 28.8 Å². The molecule has 206 valence electrons. The lowest BCUT2D eigenvalue weighted by atomic mass is 9.92. The van der Waals surface area contributed by atoms with E-state index in [1.54, 1.807) is 17.7 Å². The minimum Gasteiger partial charge on any atom is -0.493 e. The lowest BCUT2D eigenvalue weighted by Gasteiger charge is -2.28. The molecule has 3 aromatic rings. The third-order valence-electron chi connectivity index (χ3n) is 6.84. The maximum Gasteiger partial charge on any atom is 0.271 e. The highest BCUT2D eigenvalue weighted by atomic mass is 16.5. The number of carbonyl (C=O) groups excluding carboxylic acids is 2. The van der Waals surface area contributed by atoms with Gasteiger partial charge in [-0.1, -0.05) is 45.9 Å². The Morgan fingerprint density at radius 2 is 1.73 bits per heavy atom. The molecule has 0 unspecified atom stereocenters. The number of nitriles is 1. The van der Waals surface area contributed by atoms with E-state index in [4.69, 9.17) is 9.84 Å². The number of ether oxygens (including phenoxy) is 1. The van der Waals surface area contributed by atoms with Gasteiger partial charge in [0, 0.05) is 29.4 Å². The summed E-state index contributed by atoms with van der Waals surface area (Å²) >= 11 is 0. The number of amides is 2. The van der Waals surface area contributed by atoms with Crippen molar-refractivity contribution in [3.63, 3.8) is 0 Å². The average molecular weight is 537 g/mol. The summed E-state index contributed by atoms with van der Waals surface area (Å²) in [4.78, 5) is 27.7. The number of para-hydroxylation sites is 1. The Bertz CT molecular complexity index is 1520. The van der Waals surface area contributed by atoms with Crippen molar-refractivity contribution in [2.45, 2.75) is 48.0 Å². The first-order valence-corrected chi connectivity index (χ1v) is 13.7. The van der Waals surface area contributed by atoms with Crippen molar-refractivity contribution in [2.24, 2.45) is 11.8 Å². The molecule has 2 aromatic carbocycles. The molecule has 2 heterocycles. The van der Waals surface area contributed by atoms with Crippen LogP contribution in [0.4, 0.5) is 0 Å². The van der Waals surface area contributed by atoms with Crippen molar-refractivity contribution in [1.29, 1.82) is 5.26 Å². The van der Waals surface area contributed by atoms with Crippen LogP contribution >= 0.6 is 0 Å². The van der Waals surface area contributed by atoms with E-state index in [0.717, 1.165) is 29.0 Å². The molecule has 0 radical (unpaired) electrons. The summed E-state index contributed by atoms with van der Waals surface area (Å²) < 4.78 is 7.79. The zero-order valence-corrected chi connectivity index (χ0v) is 24.1. The summed E-state index contributed by atoms with van der Waals surface area (Å²) in [5.41, 5.74) is 4.79. The summed E-state index contributed by atoms with van der Waals surface area (Å²) in [5.74, 6) is 0.506. The molecular formula is C33H36N4O3. The van der Waals surface area contributed by atoms with Crippen molar-refractivity contribution in [2.75, 3.05) is 13.2 Å². The molecule has 0 saturated carbocycles. The maximum absolute atomic E-state index is 13.6. The van der Waals surface area contributed by atoms with Gasteiger partial charge in [0.1, 0.15) is 17.4 Å². The fraction of sp³-hybridized carbons (Fsp3) is 0.333. The van der Waals surface area contributed by atoms with E-state index in [9.17, 15) is 14.9 Å². The topological polar surface area (TPSA) is 88.2 Å². The lowest BCUT2D eigenvalue weighted by Crippen LogP contribution is -2.44. The van der Waals surface area contributed by atoms with Gasteiger partial charge in [0.25, 0.3) is 11.8 Å². The number of aryl methyl sites for hydroxylation is 1. The molecule has 7 heteroatoms. The first-order valence-electron chi connectivity index (χ1n) is 13.7. The summed E-state index contributed by atoms with van der Waals surface area (Å²) in [6, 6.07) is 17.7. The normalized spacial score (nSPS) is 15.0. The Morgan fingerprint density at radius 1 is 1.00 bits per heavy atom. The van der Waals surface area contributed by atoms with Crippen molar-refractivity contribution in [3.05, 3.63) is 82.6 Å². The predicted molar refractivity (Wildman–Crippen MR) is 157 cm³/mol. The third kappa shape index (κ3) is 6.07. The zero-order valence-electron chi connectivity index (χ0n) is 24.1. The Balaban J connectivity index is 1.83. The number of hydrogen-bond donors (Lipinski definition) is 0. The molecule has 0 fully saturated rings. The molecule has 4 rings (SSSR count). The van der Waals surface area contributed by atoms with E-state index in [-0.39, 0.29) is 18.0 Å². The number of carbonyl (C=O) groups is 2. The van der Waals surface area contributed by atoms with Gasteiger partial charge in [-0.2, -0.15) is 10.4 Å². The standard InChI is InChI=1S/C33H36N4O3/c1-21(2)14-15-40-30-13-12-25(16-23(30)5)31-26(20-37(35-31)27-10-8-7-9-11-27)17-28-24(6)29(18-34)33(39)36(32(28)38)19-22(3)4/h7-13,16-17,20-22H,14-15,19H2,1-6H3/b28-17+. The second-order valence-electron chi connectivity index (χ2n) is 11.0. The highest BCUT2D eigenvalue weighted by Crippen LogP contribution is 2.33. The lowest BCUT2D eigenvalue weighted by molar-refractivity contribution is -0.141. The Labute approximate surface area is 236 Å². The van der Waals surface area contributed by atoms with Gasteiger partial charge in [-0.05, 0) is 79.6 Å². The van der Waals surface area contributed by atoms with Gasteiger partial charge in [-0.15, -0.1) is 0 Å². The second-order valence-corrected chi connectivity index (χ2v) is 11.0. The van der Waals surface area contributed by atoms with Gasteiger partial charge in [0.2, 0.25) is 0 Å². The number of benzene rings is 2. The summed E-state index contributed by atoms with van der Waals surface area (Å²) in [7, 11) is 0. The first-order chi connectivity index (χ1) is 19.1. The van der Waals surface area contributed by atoms with Crippen LogP contribution in [0.25, 0.3) is 23.0 Å². The molecule has 0 aliphatic carbocycles. The SMILES string of the molecule is CC1=C(C#N)C(=O)N(CC(C)C)C(=O)/C1=C/c1cn(-c2ccccc2)nc1-c1ccc(OCCC(C)C)c(C)c1. The largest absolute Gasteiger partial charge is 0.493 e. The van der Waals surface area contributed by atoms with Crippen LogP contribution in [-0.4, -0.2) is 39.6 Å². The molecule has 1 aliphatic rings. The Hall–Kier alpha value is -4.44. The first kappa shape index (κ1) is 28.6. The van der Waals surface area contributed by atoms with Gasteiger partial charge < -0.3 is 4.74 Å². The molecule has 40 heavy (non-hydrogen) atoms. The molecule has 0 N–H and O–H groups in total. The molecule has 2 amide bonds. The summed E-state index contributed by atoms with van der Waals surface area (Å²) in [6.45, 7) is 12.8. The zero-order chi connectivity index (χ0) is 29.0. The van der Waals surface area contributed by atoms with Crippen molar-refractivity contribution in [1.82, 2.24) is 14.7 Å². The third-order valence-corrected chi connectivity index (χ3v) is 6.84. The van der Waals surface area contributed by atoms with Gasteiger partial charge >= 0.3 is 0 Å². The maximum atomic E-state index is 13.6. The van der Waals surface area contributed by atoms with E-state index in [2.05, 4.69) is 13.8 Å². The van der Waals surface area contributed by atoms with E-state index in [1.165, 1.54) is 4.90 Å². The molecule has 1 aliphatic heterocycles. The van der Waals surface area contributed by atoms with Crippen LogP contribution in [0, 0.1) is 30.1 Å². The second kappa shape index (κ2) is 12.2. The van der Waals surface area contributed by atoms with E-state index >= 15 is 0 Å². The molecule has 1 aromatic heterocycles. The van der Waals surface area contributed by atoms with Crippen LogP contribution in [0.2, 0.25) is 0 Å². The molecule has 7 nitrogen and oxygen atoms in total. The molecule has 0 spiro atoms. The van der Waals surface area contributed by atoms with Crippen LogP contribution < -0.4 is 4.74 Å². The van der Waals surface area contributed by atoms with Crippen LogP contribution in [0.3, 0.4) is 0 Å². The quantitative estimate of drug-likeness (QED) is 0.229. The highest BCUT2D eigenvalue weighted by molar-refractivity contribution is 6.19. The van der Waals surface area contributed by atoms with Crippen LogP contribution in [0.15, 0.2) is 71.4 Å². The van der Waals surface area contributed by atoms with E-state index in [1.807, 2.05) is 81.6 Å². The average Bonchev–Trinajstić information content (AvgIpc) is 3.34. The highest BCUT2D eigenvalue weighted by Gasteiger charge is 2.36. The minimum absolute atomic E-state index is 0.0118. The van der Waals surface area contributed by atoms with Crippen LogP contribution in [-0.2, 0) is 9.59 Å². The number of rotatable bonds is 9. The number of nitrogens with zero attached hydrogens (tertiary/aromatic N) is 4. The fourth-order valence-electron chi connectivity index (χ4n) is 4.61. The van der Waals surface area contributed by atoms with Crippen LogP contribution in [0.1, 0.15) is 52.2 Å². The molecular weight excluding hydrogens is 500 g/mol.